The van der Waals surface area contributed by atoms with E-state index >= 15 is 0 Å². The molecule has 0 saturated heterocycles. The first-order valence-corrected chi connectivity index (χ1v) is 10.2. The van der Waals surface area contributed by atoms with Crippen molar-refractivity contribution < 1.29 is 27.9 Å². The van der Waals surface area contributed by atoms with Gasteiger partial charge in [0.2, 0.25) is 5.43 Å². The Balaban J connectivity index is 1.72. The van der Waals surface area contributed by atoms with Crippen molar-refractivity contribution in [1.82, 2.24) is 14.9 Å². The molecule has 2 aromatic rings. The van der Waals surface area contributed by atoms with Gasteiger partial charge >= 0.3 is 0 Å². The molecular weight excluding hydrogens is 441 g/mol. The Morgan fingerprint density at radius 3 is 2.52 bits per heavy atom. The molecule has 3 heterocycles. The zero-order valence-corrected chi connectivity index (χ0v) is 17.8. The fourth-order valence-electron chi connectivity index (χ4n) is 3.94. The normalized spacial score (nSPS) is 19.4. The third-order valence-corrected chi connectivity index (χ3v) is 5.80. The fourth-order valence-corrected chi connectivity index (χ4v) is 3.94. The van der Waals surface area contributed by atoms with Crippen LogP contribution in [0.4, 0.5) is 13.2 Å². The number of halogens is 3. The van der Waals surface area contributed by atoms with E-state index in [2.05, 4.69) is 5.32 Å². The predicted octanol–water partition coefficient (Wildman–Crippen LogP) is 1.72. The van der Waals surface area contributed by atoms with E-state index in [-0.39, 0.29) is 6.67 Å². The summed E-state index contributed by atoms with van der Waals surface area (Å²) >= 11 is 0. The number of nitrogens with zero attached hydrogens (tertiary/aromatic N) is 3. The lowest BCUT2D eigenvalue weighted by Gasteiger charge is -2.42. The number of benzene rings is 1. The molecule has 0 unspecified atom stereocenters. The fraction of sp³-hybridized carbons (Fsp3) is 0.318. The van der Waals surface area contributed by atoms with Crippen molar-refractivity contribution in [2.75, 3.05) is 18.4 Å². The van der Waals surface area contributed by atoms with E-state index in [9.17, 15) is 32.7 Å². The van der Waals surface area contributed by atoms with Crippen LogP contribution in [0.2, 0.25) is 0 Å². The number of pyridine rings is 1. The Morgan fingerprint density at radius 2 is 1.88 bits per heavy atom. The molecule has 2 atom stereocenters. The van der Waals surface area contributed by atoms with Gasteiger partial charge in [-0.3, -0.25) is 24.1 Å². The molecule has 1 aromatic carbocycles. The van der Waals surface area contributed by atoms with Crippen LogP contribution in [0, 0.1) is 18.6 Å². The average Bonchev–Trinajstić information content (AvgIpc) is 2.90. The largest absolute Gasteiger partial charge is 0.502 e. The molecular formula is C22H21F3N4O4. The summed E-state index contributed by atoms with van der Waals surface area (Å²) in [5, 5.41) is 14.2. The van der Waals surface area contributed by atoms with Gasteiger partial charge in [0.25, 0.3) is 11.8 Å². The van der Waals surface area contributed by atoms with Gasteiger partial charge in [0.1, 0.15) is 30.5 Å². The molecule has 0 radical (unpaired) electrons. The summed E-state index contributed by atoms with van der Waals surface area (Å²) in [5.41, 5.74) is -2.13. The highest BCUT2D eigenvalue weighted by atomic mass is 19.1. The summed E-state index contributed by atoms with van der Waals surface area (Å²) < 4.78 is 43.0. The number of aromatic nitrogens is 1. The van der Waals surface area contributed by atoms with Crippen molar-refractivity contribution in [3.8, 4) is 5.75 Å². The second-order valence-electron chi connectivity index (χ2n) is 8.01. The quantitative estimate of drug-likeness (QED) is 0.675. The molecule has 0 fully saturated rings. The maximum Gasteiger partial charge on any atom is 0.278 e. The number of hydrogen-bond donors (Lipinski definition) is 2. The van der Waals surface area contributed by atoms with E-state index in [4.69, 9.17) is 0 Å². The first kappa shape index (κ1) is 22.4. The van der Waals surface area contributed by atoms with Gasteiger partial charge < -0.3 is 15.3 Å². The lowest BCUT2D eigenvalue weighted by molar-refractivity contribution is 0.0648. The maximum atomic E-state index is 14.1. The molecule has 174 valence electrons. The number of alkyl halides is 1. The molecule has 0 aliphatic carbocycles. The number of hydrogen-bond acceptors (Lipinski definition) is 5. The van der Waals surface area contributed by atoms with E-state index < -0.39 is 76.8 Å². The topological polar surface area (TPSA) is 94.9 Å². The number of fused-ring (bicyclic) bond motifs is 4. The highest BCUT2D eigenvalue weighted by Gasteiger charge is 2.39. The molecule has 2 N–H and O–H groups in total. The van der Waals surface area contributed by atoms with Crippen LogP contribution in [0.15, 0.2) is 35.3 Å². The van der Waals surface area contributed by atoms with Crippen LogP contribution in [0.3, 0.4) is 0 Å². The van der Waals surface area contributed by atoms with Gasteiger partial charge in [0, 0.05) is 24.3 Å². The number of aryl methyl sites for hydroxylation is 1. The first-order chi connectivity index (χ1) is 15.6. The number of carbonyl (C=O) groups is 2. The average molecular weight is 462 g/mol. The van der Waals surface area contributed by atoms with Gasteiger partial charge in [-0.05, 0) is 31.5 Å². The number of nitrogens with one attached hydrogen (secondary N) is 1. The number of amides is 2. The molecule has 0 saturated carbocycles. The Labute approximate surface area is 186 Å². The van der Waals surface area contributed by atoms with Gasteiger partial charge in [0.15, 0.2) is 11.4 Å². The highest BCUT2D eigenvalue weighted by molar-refractivity contribution is 5.99. The minimum absolute atomic E-state index is 0.0439. The molecule has 2 aliphatic rings. The Morgan fingerprint density at radius 1 is 1.21 bits per heavy atom. The Kier molecular flexibility index (Phi) is 5.64. The van der Waals surface area contributed by atoms with Crippen LogP contribution >= 0.6 is 0 Å². The van der Waals surface area contributed by atoms with Crippen molar-refractivity contribution in [3.05, 3.63) is 74.7 Å². The Hall–Kier alpha value is -3.76. The molecule has 8 nitrogen and oxygen atoms in total. The molecule has 11 heteroatoms. The van der Waals surface area contributed by atoms with Crippen molar-refractivity contribution in [2.45, 2.75) is 32.5 Å². The van der Waals surface area contributed by atoms with Crippen molar-refractivity contribution in [1.29, 1.82) is 0 Å². The molecule has 4 rings (SSSR count). The number of carbonyl (C=O) groups excluding carboxylic acids is 2. The lowest BCUT2D eigenvalue weighted by Crippen LogP contribution is -2.58. The third-order valence-electron chi connectivity index (χ3n) is 5.80. The smallest absolute Gasteiger partial charge is 0.278 e. The monoisotopic (exact) mass is 462 g/mol. The first-order valence-electron chi connectivity index (χ1n) is 10.2. The summed E-state index contributed by atoms with van der Waals surface area (Å²) in [7, 11) is 0. The predicted molar refractivity (Wildman–Crippen MR) is 112 cm³/mol. The summed E-state index contributed by atoms with van der Waals surface area (Å²) in [5.74, 6) is -4.37. The van der Waals surface area contributed by atoms with E-state index in [0.29, 0.717) is 5.56 Å². The van der Waals surface area contributed by atoms with E-state index in [1.807, 2.05) is 0 Å². The number of rotatable bonds is 4. The summed E-state index contributed by atoms with van der Waals surface area (Å²) in [6, 6.07) is 0.971. The van der Waals surface area contributed by atoms with Crippen molar-refractivity contribution in [2.24, 2.45) is 0 Å². The zero-order chi connectivity index (χ0) is 24.0. The van der Waals surface area contributed by atoms with Gasteiger partial charge in [0.05, 0.1) is 6.04 Å². The standard InChI is InChI=1S/C22H21F3N4O4/c1-11-5-16(24)14(17(25)6-11)8-26-21(32)15-9-28-18(20(31)19(15)30)22(33)27-10-29(28)13(7-23)4-3-12(27)2/h3-6,9,12-13,31H,7-8,10H2,1-2H3,(H,26,32)/t12-,13-/m0/s1. The van der Waals surface area contributed by atoms with E-state index in [0.717, 1.165) is 23.0 Å². The number of aromatic hydroxyl groups is 1. The van der Waals surface area contributed by atoms with Crippen molar-refractivity contribution in [3.63, 3.8) is 0 Å². The van der Waals surface area contributed by atoms with Crippen LogP contribution in [-0.4, -0.2) is 51.9 Å². The summed E-state index contributed by atoms with van der Waals surface area (Å²) in [6.45, 7) is 1.80. The Bertz CT molecular complexity index is 1220. The molecule has 33 heavy (non-hydrogen) atoms. The van der Waals surface area contributed by atoms with Gasteiger partial charge in [-0.15, -0.1) is 0 Å². The SMILES string of the molecule is Cc1cc(F)c(CNC(=O)c2cn3c(c(O)c2=O)C(=O)N2CN3[C@H](CF)C=C[C@@H]2C)c(F)c1. The van der Waals surface area contributed by atoms with E-state index in [1.54, 1.807) is 19.1 Å². The second-order valence-corrected chi connectivity index (χ2v) is 8.01. The van der Waals surface area contributed by atoms with Gasteiger partial charge in [-0.25, -0.2) is 13.2 Å². The van der Waals surface area contributed by atoms with Crippen LogP contribution in [-0.2, 0) is 6.54 Å². The van der Waals surface area contributed by atoms with Crippen LogP contribution < -0.4 is 15.8 Å². The second kappa shape index (κ2) is 8.30. The minimum Gasteiger partial charge on any atom is -0.502 e. The van der Waals surface area contributed by atoms with Gasteiger partial charge in [-0.2, -0.15) is 0 Å². The molecule has 2 amide bonds. The maximum absolute atomic E-state index is 14.1. The molecule has 2 bridgehead atoms. The van der Waals surface area contributed by atoms with E-state index in [1.165, 1.54) is 16.8 Å². The molecule has 1 aromatic heterocycles. The zero-order valence-electron chi connectivity index (χ0n) is 17.8. The third kappa shape index (κ3) is 3.73. The summed E-state index contributed by atoms with van der Waals surface area (Å²) in [4.78, 5) is 39.7. The van der Waals surface area contributed by atoms with Crippen LogP contribution in [0.1, 0.15) is 38.9 Å². The van der Waals surface area contributed by atoms with Crippen LogP contribution in [0.25, 0.3) is 0 Å². The lowest BCUT2D eigenvalue weighted by atomic mass is 10.1. The minimum atomic E-state index is -1.13. The molecule has 2 aliphatic heterocycles. The summed E-state index contributed by atoms with van der Waals surface area (Å²) in [6.07, 6.45) is 4.23. The van der Waals surface area contributed by atoms with Crippen LogP contribution in [0.5, 0.6) is 5.75 Å². The van der Waals surface area contributed by atoms with Crippen molar-refractivity contribution >= 4 is 11.8 Å². The molecule has 0 spiro atoms. The van der Waals surface area contributed by atoms with Gasteiger partial charge in [-0.1, -0.05) is 12.2 Å². The highest BCUT2D eigenvalue weighted by Crippen LogP contribution is 2.26.